The number of methoxy groups -OCH3 is 2. The first-order valence-corrected chi connectivity index (χ1v) is 9.36. The first-order valence-electron chi connectivity index (χ1n) is 8.57. The highest BCUT2D eigenvalue weighted by molar-refractivity contribution is 9.10. The molecule has 0 bridgehead atoms. The number of amides is 1. The van der Waals surface area contributed by atoms with Gasteiger partial charge in [-0.25, -0.2) is 0 Å². The number of pyridine rings is 1. The van der Waals surface area contributed by atoms with E-state index in [4.69, 9.17) is 9.47 Å². The monoisotopic (exact) mass is 434 g/mol. The number of carbonyl (C=O) groups is 1. The second-order valence-corrected chi connectivity index (χ2v) is 6.74. The van der Waals surface area contributed by atoms with Crippen molar-refractivity contribution in [2.24, 2.45) is 0 Å². The molecule has 0 unspecified atom stereocenters. The van der Waals surface area contributed by atoms with E-state index in [1.54, 1.807) is 49.3 Å². The van der Waals surface area contributed by atoms with Crippen LogP contribution < -0.4 is 20.3 Å². The van der Waals surface area contributed by atoms with E-state index >= 15 is 0 Å². The first-order chi connectivity index (χ1) is 13.0. The van der Waals surface area contributed by atoms with Gasteiger partial charge in [0.05, 0.1) is 14.2 Å². The molecule has 0 fully saturated rings. The van der Waals surface area contributed by atoms with Gasteiger partial charge >= 0.3 is 0 Å². The number of carbonyl (C=O) groups excluding carboxylic acids is 1. The van der Waals surface area contributed by atoms with Gasteiger partial charge in [0.2, 0.25) is 5.91 Å². The highest BCUT2D eigenvalue weighted by Gasteiger charge is 2.03. The number of rotatable bonds is 9. The van der Waals surface area contributed by atoms with Crippen molar-refractivity contribution in [3.63, 3.8) is 0 Å². The molecule has 0 saturated carbocycles. The third kappa shape index (κ3) is 6.60. The van der Waals surface area contributed by atoms with Crippen LogP contribution in [0, 0.1) is 0 Å². The molecule has 6 nitrogen and oxygen atoms in total. The number of hydrogen-bond acceptors (Lipinski definition) is 4. The molecule has 0 spiro atoms. The first kappa shape index (κ1) is 20.8. The Labute approximate surface area is 166 Å². The zero-order chi connectivity index (χ0) is 19.6. The summed E-state index contributed by atoms with van der Waals surface area (Å²) >= 11 is 3.35. The number of aromatic nitrogens is 1. The topological polar surface area (TPSA) is 69.6 Å². The molecule has 0 aliphatic rings. The zero-order valence-corrected chi connectivity index (χ0v) is 17.0. The number of nitrogens with one attached hydrogen (secondary N) is 1. The maximum Gasteiger partial charge on any atom is 0.250 e. The molecule has 7 heteroatoms. The van der Waals surface area contributed by atoms with Crippen LogP contribution in [0.25, 0.3) is 6.08 Å². The molecule has 144 valence electrons. The minimum Gasteiger partial charge on any atom is -0.493 e. The molecule has 0 saturated heterocycles. The van der Waals surface area contributed by atoms with Crippen LogP contribution in [0.4, 0.5) is 0 Å². The van der Waals surface area contributed by atoms with Crippen LogP contribution in [0.2, 0.25) is 0 Å². The van der Waals surface area contributed by atoms with Gasteiger partial charge in [-0.2, -0.15) is 0 Å². The number of hydrogen-bond donors (Lipinski definition) is 1. The van der Waals surface area contributed by atoms with E-state index in [9.17, 15) is 9.59 Å². The van der Waals surface area contributed by atoms with Crippen molar-refractivity contribution in [3.05, 3.63) is 63.0 Å². The van der Waals surface area contributed by atoms with Gasteiger partial charge in [-0.05, 0) is 58.6 Å². The van der Waals surface area contributed by atoms with Crippen molar-refractivity contribution in [2.75, 3.05) is 20.8 Å². The summed E-state index contributed by atoms with van der Waals surface area (Å²) in [4.78, 5) is 23.6. The van der Waals surface area contributed by atoms with Crippen molar-refractivity contribution in [2.45, 2.75) is 19.4 Å². The average Bonchev–Trinajstić information content (AvgIpc) is 2.68. The number of ether oxygens (including phenoxy) is 2. The van der Waals surface area contributed by atoms with Crippen LogP contribution in [0.3, 0.4) is 0 Å². The summed E-state index contributed by atoms with van der Waals surface area (Å²) in [5.41, 5.74) is 0.817. The third-order valence-electron chi connectivity index (χ3n) is 3.91. The standard InChI is InChI=1S/C20H23BrN2O4/c1-26-17-8-5-15(13-18(17)27-2)6-9-19(24)22-11-3-4-12-23-14-16(21)7-10-20(23)25/h5-10,13-14H,3-4,11-12H2,1-2H3,(H,22,24)/b9-6+. The lowest BCUT2D eigenvalue weighted by Gasteiger charge is -2.07. The Kier molecular flexibility index (Phi) is 8.13. The fourth-order valence-electron chi connectivity index (χ4n) is 2.48. The normalized spacial score (nSPS) is 10.8. The van der Waals surface area contributed by atoms with Gasteiger partial charge < -0.3 is 19.4 Å². The van der Waals surface area contributed by atoms with E-state index in [0.717, 1.165) is 22.9 Å². The van der Waals surface area contributed by atoms with Crippen molar-refractivity contribution in [1.82, 2.24) is 9.88 Å². The van der Waals surface area contributed by atoms with Crippen LogP contribution in [-0.4, -0.2) is 31.2 Å². The molecule has 0 aliphatic carbocycles. The molecule has 1 amide bonds. The predicted molar refractivity (Wildman–Crippen MR) is 109 cm³/mol. The molecular weight excluding hydrogens is 412 g/mol. The Morgan fingerprint density at radius 2 is 1.93 bits per heavy atom. The fourth-order valence-corrected chi connectivity index (χ4v) is 2.86. The minimum atomic E-state index is -0.163. The summed E-state index contributed by atoms with van der Waals surface area (Å²) in [7, 11) is 3.15. The highest BCUT2D eigenvalue weighted by atomic mass is 79.9. The molecule has 1 aromatic heterocycles. The Morgan fingerprint density at radius 1 is 1.15 bits per heavy atom. The molecule has 0 atom stereocenters. The molecule has 0 aliphatic heterocycles. The van der Waals surface area contributed by atoms with Gasteiger partial charge in [0.25, 0.3) is 5.56 Å². The fraction of sp³-hybridized carbons (Fsp3) is 0.300. The molecule has 2 rings (SSSR count). The molecule has 1 aromatic carbocycles. The number of halogens is 1. The Hall–Kier alpha value is -2.54. The summed E-state index contributed by atoms with van der Waals surface area (Å²) in [5.74, 6) is 1.09. The van der Waals surface area contributed by atoms with Crippen LogP contribution in [0.15, 0.2) is 51.9 Å². The number of unbranched alkanes of at least 4 members (excludes halogenated alkanes) is 1. The van der Waals surface area contributed by atoms with Crippen molar-refractivity contribution in [3.8, 4) is 11.5 Å². The van der Waals surface area contributed by atoms with E-state index in [-0.39, 0.29) is 11.5 Å². The highest BCUT2D eigenvalue weighted by Crippen LogP contribution is 2.27. The van der Waals surface area contributed by atoms with E-state index in [0.29, 0.717) is 24.6 Å². The SMILES string of the molecule is COc1ccc(/C=C/C(=O)NCCCCn2cc(Br)ccc2=O)cc1OC. The maximum absolute atomic E-state index is 11.9. The quantitative estimate of drug-likeness (QED) is 0.485. The van der Waals surface area contributed by atoms with Crippen molar-refractivity contribution < 1.29 is 14.3 Å². The van der Waals surface area contributed by atoms with E-state index < -0.39 is 0 Å². The van der Waals surface area contributed by atoms with Gasteiger partial charge in [-0.3, -0.25) is 9.59 Å². The van der Waals surface area contributed by atoms with E-state index in [1.807, 2.05) is 6.07 Å². The summed E-state index contributed by atoms with van der Waals surface area (Å²) in [6.07, 6.45) is 6.57. The van der Waals surface area contributed by atoms with Crippen LogP contribution in [0.5, 0.6) is 11.5 Å². The lowest BCUT2D eigenvalue weighted by Crippen LogP contribution is -2.23. The molecule has 0 radical (unpaired) electrons. The molecule has 2 aromatic rings. The largest absolute Gasteiger partial charge is 0.493 e. The number of benzene rings is 1. The lowest BCUT2D eigenvalue weighted by molar-refractivity contribution is -0.116. The van der Waals surface area contributed by atoms with Gasteiger partial charge in [0.15, 0.2) is 11.5 Å². The van der Waals surface area contributed by atoms with E-state index in [1.165, 1.54) is 12.1 Å². The Balaban J connectivity index is 1.75. The number of aryl methyl sites for hydroxylation is 1. The molecular formula is C20H23BrN2O4. The summed E-state index contributed by atoms with van der Waals surface area (Å²) in [5, 5.41) is 2.84. The van der Waals surface area contributed by atoms with Crippen LogP contribution in [0.1, 0.15) is 18.4 Å². The van der Waals surface area contributed by atoms with E-state index in [2.05, 4.69) is 21.2 Å². The average molecular weight is 435 g/mol. The second kappa shape index (κ2) is 10.6. The predicted octanol–water partition coefficient (Wildman–Crippen LogP) is 3.24. The third-order valence-corrected chi connectivity index (χ3v) is 4.38. The summed E-state index contributed by atoms with van der Waals surface area (Å²) < 4.78 is 13.0. The molecule has 27 heavy (non-hydrogen) atoms. The second-order valence-electron chi connectivity index (χ2n) is 5.82. The Bertz CT molecular complexity index is 861. The van der Waals surface area contributed by atoms with Crippen molar-refractivity contribution >= 4 is 27.9 Å². The number of nitrogens with zero attached hydrogens (tertiary/aromatic N) is 1. The van der Waals surface area contributed by atoms with Gasteiger partial charge in [-0.1, -0.05) is 6.07 Å². The molecule has 1 N–H and O–H groups in total. The summed E-state index contributed by atoms with van der Waals surface area (Å²) in [6.45, 7) is 1.17. The van der Waals surface area contributed by atoms with Gasteiger partial charge in [-0.15, -0.1) is 0 Å². The van der Waals surface area contributed by atoms with Crippen LogP contribution in [-0.2, 0) is 11.3 Å². The maximum atomic E-state index is 11.9. The zero-order valence-electron chi connectivity index (χ0n) is 15.4. The van der Waals surface area contributed by atoms with Crippen LogP contribution >= 0.6 is 15.9 Å². The summed E-state index contributed by atoms with van der Waals surface area (Å²) in [6, 6.07) is 8.70. The minimum absolute atomic E-state index is 0.0277. The Morgan fingerprint density at radius 3 is 2.67 bits per heavy atom. The van der Waals surface area contributed by atoms with Gasteiger partial charge in [0, 0.05) is 35.9 Å². The smallest absolute Gasteiger partial charge is 0.250 e. The lowest BCUT2D eigenvalue weighted by atomic mass is 10.2. The van der Waals surface area contributed by atoms with Crippen molar-refractivity contribution in [1.29, 1.82) is 0 Å². The molecule has 1 heterocycles. The van der Waals surface area contributed by atoms with Gasteiger partial charge in [0.1, 0.15) is 0 Å².